The fraction of sp³-hybridized carbons (Fsp3) is 0.250. The summed E-state index contributed by atoms with van der Waals surface area (Å²) in [4.78, 5) is 0. The van der Waals surface area contributed by atoms with E-state index in [1.807, 2.05) is 31.2 Å². The molecule has 0 fully saturated rings. The molecular formula is C16H19ClFNO2. The molecule has 0 aliphatic rings. The Morgan fingerprint density at radius 2 is 1.81 bits per heavy atom. The van der Waals surface area contributed by atoms with Crippen molar-refractivity contribution in [3.05, 3.63) is 53.8 Å². The number of hydrogen-bond acceptors (Lipinski definition) is 3. The second-order valence-corrected chi connectivity index (χ2v) is 4.77. The van der Waals surface area contributed by atoms with Crippen molar-refractivity contribution >= 4 is 12.4 Å². The minimum Gasteiger partial charge on any atom is -0.485 e. The number of para-hydroxylation sites is 1. The second-order valence-electron chi connectivity index (χ2n) is 4.77. The van der Waals surface area contributed by atoms with Crippen molar-refractivity contribution in [3.63, 3.8) is 0 Å². The third kappa shape index (κ3) is 4.92. The van der Waals surface area contributed by atoms with Crippen LogP contribution >= 0.6 is 12.4 Å². The molecule has 21 heavy (non-hydrogen) atoms. The number of ether oxygens (including phenoxy) is 2. The normalized spacial score (nSPS) is 11.4. The van der Waals surface area contributed by atoms with Crippen molar-refractivity contribution in [1.82, 2.24) is 0 Å². The van der Waals surface area contributed by atoms with Crippen molar-refractivity contribution in [2.45, 2.75) is 19.9 Å². The fourth-order valence-electron chi connectivity index (χ4n) is 1.66. The predicted octanol–water partition coefficient (Wildman–Crippen LogP) is 4.07. The van der Waals surface area contributed by atoms with Gasteiger partial charge in [-0.25, -0.2) is 4.39 Å². The first-order valence-electron chi connectivity index (χ1n) is 6.47. The second kappa shape index (κ2) is 7.86. The lowest BCUT2D eigenvalue weighted by Crippen LogP contribution is -2.24. The highest BCUT2D eigenvalue weighted by atomic mass is 35.5. The Bertz CT molecular complexity index is 573. The van der Waals surface area contributed by atoms with E-state index in [4.69, 9.17) is 15.2 Å². The van der Waals surface area contributed by atoms with Gasteiger partial charge in [0.2, 0.25) is 0 Å². The number of nitrogens with two attached hydrogens (primary N) is 1. The van der Waals surface area contributed by atoms with E-state index >= 15 is 0 Å². The molecule has 0 unspecified atom stereocenters. The van der Waals surface area contributed by atoms with Crippen LogP contribution in [0.4, 0.5) is 4.39 Å². The zero-order chi connectivity index (χ0) is 14.5. The Hall–Kier alpha value is -1.78. The molecule has 0 aromatic heterocycles. The molecule has 2 aromatic rings. The van der Waals surface area contributed by atoms with Crippen LogP contribution in [0.15, 0.2) is 42.5 Å². The number of halogens is 2. The molecule has 0 aliphatic carbocycles. The highest BCUT2D eigenvalue weighted by Gasteiger charge is 2.12. The SMILES string of the molecule is Cc1ccc(Oc2cccc(F)c2OC[C@@H](C)N)cc1.Cl. The molecule has 114 valence electrons. The van der Waals surface area contributed by atoms with Crippen molar-refractivity contribution in [1.29, 1.82) is 0 Å². The molecule has 0 heterocycles. The van der Waals surface area contributed by atoms with Gasteiger partial charge in [0.15, 0.2) is 17.3 Å². The monoisotopic (exact) mass is 311 g/mol. The lowest BCUT2D eigenvalue weighted by atomic mass is 10.2. The van der Waals surface area contributed by atoms with Crippen molar-refractivity contribution in [3.8, 4) is 17.2 Å². The van der Waals surface area contributed by atoms with Gasteiger partial charge in [-0.1, -0.05) is 23.8 Å². The predicted molar refractivity (Wildman–Crippen MR) is 84.0 cm³/mol. The van der Waals surface area contributed by atoms with E-state index in [0.29, 0.717) is 11.5 Å². The van der Waals surface area contributed by atoms with Crippen molar-refractivity contribution in [2.75, 3.05) is 6.61 Å². The first-order valence-corrected chi connectivity index (χ1v) is 6.47. The Morgan fingerprint density at radius 3 is 2.43 bits per heavy atom. The third-order valence-corrected chi connectivity index (χ3v) is 2.67. The smallest absolute Gasteiger partial charge is 0.197 e. The van der Waals surface area contributed by atoms with Gasteiger partial charge in [-0.05, 0) is 38.1 Å². The van der Waals surface area contributed by atoms with Gasteiger partial charge < -0.3 is 15.2 Å². The first-order chi connectivity index (χ1) is 9.56. The van der Waals surface area contributed by atoms with Gasteiger partial charge in [0.25, 0.3) is 0 Å². The maximum Gasteiger partial charge on any atom is 0.197 e. The summed E-state index contributed by atoms with van der Waals surface area (Å²) in [5.74, 6) is 0.599. The number of benzene rings is 2. The first kappa shape index (κ1) is 17.3. The van der Waals surface area contributed by atoms with Crippen LogP contribution in [0.25, 0.3) is 0 Å². The van der Waals surface area contributed by atoms with E-state index < -0.39 is 5.82 Å². The summed E-state index contributed by atoms with van der Waals surface area (Å²) in [7, 11) is 0. The molecule has 0 radical (unpaired) electrons. The van der Waals surface area contributed by atoms with Crippen LogP contribution in [0.1, 0.15) is 12.5 Å². The van der Waals surface area contributed by atoms with Crippen LogP contribution in [0, 0.1) is 12.7 Å². The highest BCUT2D eigenvalue weighted by molar-refractivity contribution is 5.85. The van der Waals surface area contributed by atoms with E-state index in [1.165, 1.54) is 6.07 Å². The summed E-state index contributed by atoms with van der Waals surface area (Å²) in [5, 5.41) is 0. The van der Waals surface area contributed by atoms with Gasteiger partial charge in [-0.2, -0.15) is 0 Å². The van der Waals surface area contributed by atoms with Crippen LogP contribution < -0.4 is 15.2 Å². The molecule has 0 bridgehead atoms. The average Bonchev–Trinajstić information content (AvgIpc) is 2.40. The van der Waals surface area contributed by atoms with Gasteiger partial charge in [0.1, 0.15) is 12.4 Å². The Kier molecular flexibility index (Phi) is 6.46. The molecule has 2 rings (SSSR count). The van der Waals surface area contributed by atoms with Gasteiger partial charge >= 0.3 is 0 Å². The molecule has 3 nitrogen and oxygen atoms in total. The van der Waals surface area contributed by atoms with E-state index in [-0.39, 0.29) is 30.8 Å². The summed E-state index contributed by atoms with van der Waals surface area (Å²) in [6, 6.07) is 11.9. The molecular weight excluding hydrogens is 293 g/mol. The quantitative estimate of drug-likeness (QED) is 0.905. The van der Waals surface area contributed by atoms with Crippen LogP contribution in [0.2, 0.25) is 0 Å². The Morgan fingerprint density at radius 1 is 1.14 bits per heavy atom. The zero-order valence-electron chi connectivity index (χ0n) is 12.0. The summed E-state index contributed by atoms with van der Waals surface area (Å²) in [6.07, 6.45) is 0. The molecule has 2 N–H and O–H groups in total. The average molecular weight is 312 g/mol. The number of aryl methyl sites for hydroxylation is 1. The van der Waals surface area contributed by atoms with Crippen molar-refractivity contribution < 1.29 is 13.9 Å². The van der Waals surface area contributed by atoms with Crippen molar-refractivity contribution in [2.24, 2.45) is 5.73 Å². The zero-order valence-corrected chi connectivity index (χ0v) is 12.8. The van der Waals surface area contributed by atoms with Crippen LogP contribution in [0.5, 0.6) is 17.2 Å². The minimum absolute atomic E-state index is 0. The van der Waals surface area contributed by atoms with E-state index in [2.05, 4.69) is 0 Å². The molecule has 2 aromatic carbocycles. The molecule has 0 saturated heterocycles. The number of hydrogen-bond donors (Lipinski definition) is 1. The number of rotatable bonds is 5. The maximum atomic E-state index is 13.8. The van der Waals surface area contributed by atoms with Crippen LogP contribution in [-0.4, -0.2) is 12.6 Å². The lowest BCUT2D eigenvalue weighted by molar-refractivity contribution is 0.270. The molecule has 1 atom stereocenters. The lowest BCUT2D eigenvalue weighted by Gasteiger charge is -2.14. The third-order valence-electron chi connectivity index (χ3n) is 2.67. The molecule has 0 aliphatic heterocycles. The summed E-state index contributed by atoms with van der Waals surface area (Å²) < 4.78 is 24.9. The summed E-state index contributed by atoms with van der Waals surface area (Å²) >= 11 is 0. The standard InChI is InChI=1S/C16H18FNO2.ClH/c1-11-6-8-13(9-7-11)20-15-5-3-4-14(17)16(15)19-10-12(2)18;/h3-9,12H,10,18H2,1-2H3;1H/t12-;/m1./s1. The van der Waals surface area contributed by atoms with Gasteiger partial charge in [-0.3, -0.25) is 0 Å². The molecule has 0 spiro atoms. The van der Waals surface area contributed by atoms with Gasteiger partial charge in [-0.15, -0.1) is 12.4 Å². The van der Waals surface area contributed by atoms with E-state index in [0.717, 1.165) is 5.56 Å². The summed E-state index contributed by atoms with van der Waals surface area (Å²) in [5.41, 5.74) is 6.75. The fourth-order valence-corrected chi connectivity index (χ4v) is 1.66. The molecule has 5 heteroatoms. The highest BCUT2D eigenvalue weighted by Crippen LogP contribution is 2.33. The Balaban J connectivity index is 0.00000220. The topological polar surface area (TPSA) is 44.5 Å². The van der Waals surface area contributed by atoms with Gasteiger partial charge in [0, 0.05) is 6.04 Å². The maximum absolute atomic E-state index is 13.8. The summed E-state index contributed by atoms with van der Waals surface area (Å²) in [6.45, 7) is 4.01. The minimum atomic E-state index is -0.463. The largest absolute Gasteiger partial charge is 0.485 e. The Labute approximate surface area is 130 Å². The molecule has 0 amide bonds. The van der Waals surface area contributed by atoms with Crippen LogP contribution in [-0.2, 0) is 0 Å². The van der Waals surface area contributed by atoms with E-state index in [9.17, 15) is 4.39 Å². The van der Waals surface area contributed by atoms with Gasteiger partial charge in [0.05, 0.1) is 0 Å². The molecule has 0 saturated carbocycles. The van der Waals surface area contributed by atoms with Crippen LogP contribution in [0.3, 0.4) is 0 Å². The van der Waals surface area contributed by atoms with E-state index in [1.54, 1.807) is 19.1 Å².